The van der Waals surface area contributed by atoms with Gasteiger partial charge in [0.05, 0.1) is 0 Å². The molecule has 0 aliphatic rings. The fourth-order valence-corrected chi connectivity index (χ4v) is 1.70. The Hall–Kier alpha value is 0.910. The zero-order valence-corrected chi connectivity index (χ0v) is 13.9. The Balaban J connectivity index is 3.85. The summed E-state index contributed by atoms with van der Waals surface area (Å²) in [6.07, 6.45) is 4.74. The first-order chi connectivity index (χ1) is 6.91. The van der Waals surface area contributed by atoms with Gasteiger partial charge in [-0.1, -0.05) is 33.1 Å². The highest BCUT2D eigenvalue weighted by Gasteiger charge is 2.28. The van der Waals surface area contributed by atoms with Gasteiger partial charge in [0.15, 0.2) is 0 Å². The Bertz CT molecular complexity index is 192. The lowest BCUT2D eigenvalue weighted by atomic mass is 9.99. The molecule has 5 heteroatoms. The van der Waals surface area contributed by atoms with E-state index >= 15 is 0 Å². The lowest BCUT2D eigenvalue weighted by molar-refractivity contribution is -0.119. The Morgan fingerprint density at radius 2 is 1.93 bits per heavy atom. The standard InChI is InChI=1S/C10H18Br3NO/c1-3-5-6-8(4-2)7-14-9(15)10(11,12)13/h8H,3-7H2,1-2H3,(H,14,15). The number of rotatable bonds is 6. The van der Waals surface area contributed by atoms with Gasteiger partial charge in [-0.3, -0.25) is 4.79 Å². The van der Waals surface area contributed by atoms with Crippen LogP contribution in [-0.4, -0.2) is 14.6 Å². The molecule has 1 N–H and O–H groups in total. The first-order valence-electron chi connectivity index (χ1n) is 5.26. The van der Waals surface area contributed by atoms with Gasteiger partial charge in [0.2, 0.25) is 2.14 Å². The molecule has 1 amide bonds. The molecule has 0 aliphatic carbocycles. The van der Waals surface area contributed by atoms with Gasteiger partial charge >= 0.3 is 0 Å². The number of halogens is 3. The highest BCUT2D eigenvalue weighted by atomic mass is 80.0. The second-order valence-electron chi connectivity index (χ2n) is 3.62. The number of unbranched alkanes of at least 4 members (excludes halogenated alkanes) is 1. The van der Waals surface area contributed by atoms with Gasteiger partial charge in [0.1, 0.15) is 0 Å². The number of amides is 1. The molecule has 0 saturated heterocycles. The highest BCUT2D eigenvalue weighted by Crippen LogP contribution is 2.33. The van der Waals surface area contributed by atoms with E-state index in [1.807, 2.05) is 0 Å². The van der Waals surface area contributed by atoms with Crippen molar-refractivity contribution in [2.24, 2.45) is 5.92 Å². The minimum atomic E-state index is -0.823. The SMILES string of the molecule is CCCCC(CC)CNC(=O)C(Br)(Br)Br. The van der Waals surface area contributed by atoms with Crippen LogP contribution in [-0.2, 0) is 4.79 Å². The zero-order valence-electron chi connectivity index (χ0n) is 9.16. The van der Waals surface area contributed by atoms with E-state index in [2.05, 4.69) is 67.0 Å². The molecule has 0 aromatic rings. The maximum absolute atomic E-state index is 11.5. The van der Waals surface area contributed by atoms with Crippen molar-refractivity contribution in [2.75, 3.05) is 6.54 Å². The lowest BCUT2D eigenvalue weighted by Gasteiger charge is -2.18. The number of carbonyl (C=O) groups excluding carboxylic acids is 1. The van der Waals surface area contributed by atoms with Gasteiger partial charge in [0.25, 0.3) is 5.91 Å². The summed E-state index contributed by atoms with van der Waals surface area (Å²) in [6, 6.07) is 0. The van der Waals surface area contributed by atoms with E-state index in [1.54, 1.807) is 0 Å². The monoisotopic (exact) mass is 405 g/mol. The van der Waals surface area contributed by atoms with E-state index in [-0.39, 0.29) is 5.91 Å². The predicted octanol–water partition coefficient (Wildman–Crippen LogP) is 4.16. The highest BCUT2D eigenvalue weighted by molar-refractivity contribution is 9.40. The third-order valence-electron chi connectivity index (χ3n) is 2.35. The largest absolute Gasteiger partial charge is 0.353 e. The summed E-state index contributed by atoms with van der Waals surface area (Å²) in [5.41, 5.74) is 0. The number of hydrogen-bond donors (Lipinski definition) is 1. The van der Waals surface area contributed by atoms with Gasteiger partial charge in [0, 0.05) is 6.54 Å². The average molecular weight is 408 g/mol. The number of hydrogen-bond acceptors (Lipinski definition) is 1. The molecule has 2 nitrogen and oxygen atoms in total. The Morgan fingerprint density at radius 3 is 2.33 bits per heavy atom. The van der Waals surface area contributed by atoms with Crippen LogP contribution < -0.4 is 5.32 Å². The maximum atomic E-state index is 11.5. The first kappa shape index (κ1) is 15.9. The van der Waals surface area contributed by atoms with E-state index in [0.717, 1.165) is 13.0 Å². The molecule has 15 heavy (non-hydrogen) atoms. The summed E-state index contributed by atoms with van der Waals surface area (Å²) in [5, 5.41) is 2.90. The molecule has 1 unspecified atom stereocenters. The van der Waals surface area contributed by atoms with Crippen LogP contribution in [0.15, 0.2) is 0 Å². The summed E-state index contributed by atoms with van der Waals surface area (Å²) < 4.78 is -0.823. The molecule has 0 radical (unpaired) electrons. The first-order valence-corrected chi connectivity index (χ1v) is 7.64. The van der Waals surface area contributed by atoms with E-state index in [0.29, 0.717) is 5.92 Å². The molecule has 0 aromatic heterocycles. The molecule has 0 spiro atoms. The van der Waals surface area contributed by atoms with E-state index < -0.39 is 2.14 Å². The van der Waals surface area contributed by atoms with Crippen molar-refractivity contribution in [2.45, 2.75) is 41.7 Å². The molecule has 0 rings (SSSR count). The molecule has 0 bridgehead atoms. The Morgan fingerprint density at radius 1 is 1.33 bits per heavy atom. The van der Waals surface area contributed by atoms with Gasteiger partial charge < -0.3 is 5.32 Å². The third kappa shape index (κ3) is 7.75. The van der Waals surface area contributed by atoms with Crippen LogP contribution in [0.2, 0.25) is 0 Å². The number of nitrogens with one attached hydrogen (secondary N) is 1. The fraction of sp³-hybridized carbons (Fsp3) is 0.900. The molecule has 0 saturated carbocycles. The minimum Gasteiger partial charge on any atom is -0.353 e. The molecule has 0 heterocycles. The van der Waals surface area contributed by atoms with Crippen LogP contribution in [0.1, 0.15) is 39.5 Å². The molecular weight excluding hydrogens is 390 g/mol. The molecule has 1 atom stereocenters. The van der Waals surface area contributed by atoms with Gasteiger partial charge in [-0.25, -0.2) is 0 Å². The summed E-state index contributed by atoms with van der Waals surface area (Å²) in [6.45, 7) is 5.10. The molecule has 0 aromatic carbocycles. The van der Waals surface area contributed by atoms with Gasteiger partial charge in [-0.05, 0) is 60.1 Å². The van der Waals surface area contributed by atoms with E-state index in [4.69, 9.17) is 0 Å². The average Bonchev–Trinajstić information content (AvgIpc) is 2.16. The molecule has 90 valence electrons. The van der Waals surface area contributed by atoms with E-state index in [9.17, 15) is 4.79 Å². The second-order valence-corrected chi connectivity index (χ2v) is 10.4. The fourth-order valence-electron chi connectivity index (χ4n) is 1.28. The van der Waals surface area contributed by atoms with Crippen molar-refractivity contribution < 1.29 is 4.79 Å². The summed E-state index contributed by atoms with van der Waals surface area (Å²) >= 11 is 9.57. The number of alkyl halides is 3. The van der Waals surface area contributed by atoms with Crippen molar-refractivity contribution in [1.29, 1.82) is 0 Å². The van der Waals surface area contributed by atoms with Crippen molar-refractivity contribution in [3.63, 3.8) is 0 Å². The van der Waals surface area contributed by atoms with Gasteiger partial charge in [-0.15, -0.1) is 0 Å². The zero-order chi connectivity index (χ0) is 11.9. The van der Waals surface area contributed by atoms with Crippen LogP contribution in [0.4, 0.5) is 0 Å². The van der Waals surface area contributed by atoms with Crippen molar-refractivity contribution in [3.05, 3.63) is 0 Å². The van der Waals surface area contributed by atoms with Crippen molar-refractivity contribution >= 4 is 53.7 Å². The lowest BCUT2D eigenvalue weighted by Crippen LogP contribution is -2.36. The smallest absolute Gasteiger partial charge is 0.258 e. The van der Waals surface area contributed by atoms with Crippen LogP contribution in [0.5, 0.6) is 0 Å². The third-order valence-corrected chi connectivity index (χ3v) is 3.43. The van der Waals surface area contributed by atoms with Crippen LogP contribution in [0.25, 0.3) is 0 Å². The van der Waals surface area contributed by atoms with Gasteiger partial charge in [-0.2, -0.15) is 0 Å². The Kier molecular flexibility index (Phi) is 8.56. The second kappa shape index (κ2) is 8.07. The summed E-state index contributed by atoms with van der Waals surface area (Å²) in [4.78, 5) is 11.5. The molecule has 0 fully saturated rings. The van der Waals surface area contributed by atoms with Crippen molar-refractivity contribution in [1.82, 2.24) is 5.32 Å². The summed E-state index contributed by atoms with van der Waals surface area (Å²) in [5.74, 6) is 0.501. The predicted molar refractivity (Wildman–Crippen MR) is 75.8 cm³/mol. The quantitative estimate of drug-likeness (QED) is 0.658. The van der Waals surface area contributed by atoms with E-state index in [1.165, 1.54) is 19.3 Å². The normalized spacial score (nSPS) is 13.7. The van der Waals surface area contributed by atoms with Crippen LogP contribution in [0.3, 0.4) is 0 Å². The Labute approximate surface area is 117 Å². The van der Waals surface area contributed by atoms with Crippen molar-refractivity contribution in [3.8, 4) is 0 Å². The topological polar surface area (TPSA) is 29.1 Å². The maximum Gasteiger partial charge on any atom is 0.258 e. The number of carbonyl (C=O) groups is 1. The minimum absolute atomic E-state index is 0.0857. The summed E-state index contributed by atoms with van der Waals surface area (Å²) in [7, 11) is 0. The van der Waals surface area contributed by atoms with Crippen LogP contribution >= 0.6 is 47.8 Å². The molecule has 0 aliphatic heterocycles. The van der Waals surface area contributed by atoms with Crippen LogP contribution in [0, 0.1) is 5.92 Å². The molecular formula is C10H18Br3NO.